The summed E-state index contributed by atoms with van der Waals surface area (Å²) in [5, 5.41) is 2.97. The SMILES string of the molecule is CCCN(CC(=O)Nc1cccc2nsnc12)Cc1ccccc1. The minimum Gasteiger partial charge on any atom is -0.323 e. The molecule has 0 aliphatic rings. The molecule has 0 aliphatic carbocycles. The lowest BCUT2D eigenvalue weighted by Gasteiger charge is -2.21. The Morgan fingerprint density at radius 3 is 2.75 bits per heavy atom. The molecule has 0 atom stereocenters. The Balaban J connectivity index is 1.66. The number of hydrogen-bond acceptors (Lipinski definition) is 5. The van der Waals surface area contributed by atoms with E-state index in [2.05, 4.69) is 38.0 Å². The fourth-order valence-electron chi connectivity index (χ4n) is 2.67. The van der Waals surface area contributed by atoms with Gasteiger partial charge in [-0.05, 0) is 30.7 Å². The molecule has 0 radical (unpaired) electrons. The van der Waals surface area contributed by atoms with Gasteiger partial charge in [0.25, 0.3) is 0 Å². The molecule has 6 heteroatoms. The predicted molar refractivity (Wildman–Crippen MR) is 98.1 cm³/mol. The summed E-state index contributed by atoms with van der Waals surface area (Å²) >= 11 is 1.16. The molecule has 0 unspecified atom stereocenters. The molecule has 2 aromatic carbocycles. The third kappa shape index (κ3) is 4.15. The van der Waals surface area contributed by atoms with Crippen LogP contribution in [0.5, 0.6) is 0 Å². The second kappa shape index (κ2) is 7.99. The molecule has 0 saturated heterocycles. The average molecular weight is 340 g/mol. The van der Waals surface area contributed by atoms with Crippen molar-refractivity contribution in [2.75, 3.05) is 18.4 Å². The van der Waals surface area contributed by atoms with E-state index in [1.54, 1.807) is 0 Å². The number of hydrogen-bond donors (Lipinski definition) is 1. The highest BCUT2D eigenvalue weighted by molar-refractivity contribution is 7.00. The van der Waals surface area contributed by atoms with E-state index < -0.39 is 0 Å². The van der Waals surface area contributed by atoms with Crippen molar-refractivity contribution in [3.63, 3.8) is 0 Å². The molecule has 1 heterocycles. The van der Waals surface area contributed by atoms with Gasteiger partial charge >= 0.3 is 0 Å². The van der Waals surface area contributed by atoms with Crippen molar-refractivity contribution >= 4 is 34.4 Å². The van der Waals surface area contributed by atoms with Crippen LogP contribution >= 0.6 is 11.7 Å². The van der Waals surface area contributed by atoms with Crippen molar-refractivity contribution < 1.29 is 4.79 Å². The van der Waals surface area contributed by atoms with Crippen molar-refractivity contribution in [2.45, 2.75) is 19.9 Å². The Hall–Kier alpha value is -2.31. The van der Waals surface area contributed by atoms with Crippen LogP contribution in [0.25, 0.3) is 11.0 Å². The van der Waals surface area contributed by atoms with Gasteiger partial charge in [-0.1, -0.05) is 43.3 Å². The number of anilines is 1. The van der Waals surface area contributed by atoms with Gasteiger partial charge in [0, 0.05) is 6.54 Å². The maximum Gasteiger partial charge on any atom is 0.238 e. The molecule has 0 aliphatic heterocycles. The summed E-state index contributed by atoms with van der Waals surface area (Å²) in [4.78, 5) is 14.6. The van der Waals surface area contributed by atoms with E-state index in [0.717, 1.165) is 48.0 Å². The summed E-state index contributed by atoms with van der Waals surface area (Å²) in [6, 6.07) is 15.9. The van der Waals surface area contributed by atoms with Gasteiger partial charge in [0.05, 0.1) is 24.0 Å². The maximum absolute atomic E-state index is 12.5. The lowest BCUT2D eigenvalue weighted by molar-refractivity contribution is -0.117. The van der Waals surface area contributed by atoms with Crippen LogP contribution in [-0.2, 0) is 11.3 Å². The topological polar surface area (TPSA) is 58.1 Å². The van der Waals surface area contributed by atoms with Crippen molar-refractivity contribution in [3.05, 3.63) is 54.1 Å². The van der Waals surface area contributed by atoms with Crippen LogP contribution in [0.15, 0.2) is 48.5 Å². The summed E-state index contributed by atoms with van der Waals surface area (Å²) in [5.74, 6) is -0.0279. The molecule has 0 bridgehead atoms. The number of fused-ring (bicyclic) bond motifs is 1. The van der Waals surface area contributed by atoms with Gasteiger partial charge in [0.2, 0.25) is 5.91 Å². The van der Waals surface area contributed by atoms with E-state index in [1.807, 2.05) is 36.4 Å². The minimum absolute atomic E-state index is 0.0279. The van der Waals surface area contributed by atoms with E-state index in [-0.39, 0.29) is 5.91 Å². The summed E-state index contributed by atoms with van der Waals surface area (Å²) in [7, 11) is 0. The van der Waals surface area contributed by atoms with Crippen LogP contribution in [0, 0.1) is 0 Å². The zero-order valence-electron chi connectivity index (χ0n) is 13.6. The molecule has 1 amide bonds. The van der Waals surface area contributed by atoms with Gasteiger partial charge in [0.1, 0.15) is 11.0 Å². The largest absolute Gasteiger partial charge is 0.323 e. The summed E-state index contributed by atoms with van der Waals surface area (Å²) in [6.45, 7) is 4.13. The molecule has 1 N–H and O–H groups in total. The lowest BCUT2D eigenvalue weighted by Crippen LogP contribution is -2.33. The number of aromatic nitrogens is 2. The molecule has 124 valence electrons. The molecule has 3 rings (SSSR count). The summed E-state index contributed by atoms with van der Waals surface area (Å²) in [6.07, 6.45) is 1.01. The molecular formula is C18H20N4OS. The molecule has 3 aromatic rings. The number of carbonyl (C=O) groups excluding carboxylic acids is 1. The standard InChI is InChI=1S/C18H20N4OS/c1-2-11-22(12-14-7-4-3-5-8-14)13-17(23)19-15-9-6-10-16-18(15)21-24-20-16/h3-10H,2,11-13H2,1H3,(H,19,23). The number of amides is 1. The van der Waals surface area contributed by atoms with Crippen molar-refractivity contribution in [3.8, 4) is 0 Å². The fourth-order valence-corrected chi connectivity index (χ4v) is 3.22. The van der Waals surface area contributed by atoms with Gasteiger partial charge in [0.15, 0.2) is 0 Å². The number of nitrogens with one attached hydrogen (secondary N) is 1. The zero-order chi connectivity index (χ0) is 16.8. The Morgan fingerprint density at radius 2 is 1.96 bits per heavy atom. The minimum atomic E-state index is -0.0279. The lowest BCUT2D eigenvalue weighted by atomic mass is 10.2. The van der Waals surface area contributed by atoms with Gasteiger partial charge in [-0.3, -0.25) is 9.69 Å². The normalized spacial score (nSPS) is 11.1. The first kappa shape index (κ1) is 16.5. The van der Waals surface area contributed by atoms with Crippen LogP contribution in [0.3, 0.4) is 0 Å². The smallest absolute Gasteiger partial charge is 0.238 e. The number of carbonyl (C=O) groups is 1. The first-order chi connectivity index (χ1) is 11.8. The van der Waals surface area contributed by atoms with Crippen LogP contribution in [0.1, 0.15) is 18.9 Å². The third-order valence-electron chi connectivity index (χ3n) is 3.72. The van der Waals surface area contributed by atoms with Crippen molar-refractivity contribution in [2.24, 2.45) is 0 Å². The highest BCUT2D eigenvalue weighted by Gasteiger charge is 2.13. The van der Waals surface area contributed by atoms with E-state index in [9.17, 15) is 4.79 Å². The Labute approximate surface area is 145 Å². The third-order valence-corrected chi connectivity index (χ3v) is 4.26. The summed E-state index contributed by atoms with van der Waals surface area (Å²) < 4.78 is 8.46. The van der Waals surface area contributed by atoms with Crippen LogP contribution in [0.4, 0.5) is 5.69 Å². The monoisotopic (exact) mass is 340 g/mol. The Kier molecular flexibility index (Phi) is 5.51. The zero-order valence-corrected chi connectivity index (χ0v) is 14.4. The van der Waals surface area contributed by atoms with E-state index in [1.165, 1.54) is 5.56 Å². The molecule has 0 spiro atoms. The predicted octanol–water partition coefficient (Wildman–Crippen LogP) is 3.54. The molecule has 24 heavy (non-hydrogen) atoms. The fraction of sp³-hybridized carbons (Fsp3) is 0.278. The van der Waals surface area contributed by atoms with E-state index in [0.29, 0.717) is 6.54 Å². The molecule has 0 fully saturated rings. The average Bonchev–Trinajstić information content (AvgIpc) is 3.06. The van der Waals surface area contributed by atoms with Gasteiger partial charge in [-0.25, -0.2) is 0 Å². The number of nitrogens with zero attached hydrogens (tertiary/aromatic N) is 3. The number of rotatable bonds is 7. The second-order valence-electron chi connectivity index (χ2n) is 5.68. The molecule has 0 saturated carbocycles. The second-order valence-corrected chi connectivity index (χ2v) is 6.21. The first-order valence-electron chi connectivity index (χ1n) is 8.03. The highest BCUT2D eigenvalue weighted by atomic mass is 32.1. The maximum atomic E-state index is 12.5. The van der Waals surface area contributed by atoms with Gasteiger partial charge in [-0.2, -0.15) is 8.75 Å². The molecular weight excluding hydrogens is 320 g/mol. The van der Waals surface area contributed by atoms with Crippen LogP contribution in [-0.4, -0.2) is 32.6 Å². The highest BCUT2D eigenvalue weighted by Crippen LogP contribution is 2.21. The van der Waals surface area contributed by atoms with Gasteiger partial charge < -0.3 is 5.32 Å². The molecule has 5 nitrogen and oxygen atoms in total. The van der Waals surface area contributed by atoms with Crippen molar-refractivity contribution in [1.29, 1.82) is 0 Å². The number of benzene rings is 2. The van der Waals surface area contributed by atoms with Crippen molar-refractivity contribution in [1.82, 2.24) is 13.6 Å². The Morgan fingerprint density at radius 1 is 1.12 bits per heavy atom. The van der Waals surface area contributed by atoms with Crippen LogP contribution in [0.2, 0.25) is 0 Å². The van der Waals surface area contributed by atoms with E-state index in [4.69, 9.17) is 0 Å². The quantitative estimate of drug-likeness (QED) is 0.715. The van der Waals surface area contributed by atoms with Gasteiger partial charge in [-0.15, -0.1) is 0 Å². The molecule has 1 aromatic heterocycles. The van der Waals surface area contributed by atoms with E-state index >= 15 is 0 Å². The Bertz CT molecular complexity index is 803. The summed E-state index contributed by atoms with van der Waals surface area (Å²) in [5.41, 5.74) is 3.50. The van der Waals surface area contributed by atoms with Crippen LogP contribution < -0.4 is 5.32 Å². The first-order valence-corrected chi connectivity index (χ1v) is 8.76.